The predicted molar refractivity (Wildman–Crippen MR) is 267 cm³/mol. The molecule has 0 aliphatic heterocycles. The summed E-state index contributed by atoms with van der Waals surface area (Å²) >= 11 is 1.86. The highest BCUT2D eigenvalue weighted by molar-refractivity contribution is 7.25. The van der Waals surface area contributed by atoms with Gasteiger partial charge in [0.15, 0.2) is 0 Å². The summed E-state index contributed by atoms with van der Waals surface area (Å²) in [5, 5.41) is 2.58. The molecular formula is C61H39NS. The monoisotopic (exact) mass is 817 g/mol. The Bertz CT molecular complexity index is 3510. The molecule has 2 heteroatoms. The van der Waals surface area contributed by atoms with Crippen molar-refractivity contribution in [2.45, 2.75) is 5.41 Å². The maximum absolute atomic E-state index is 2.40. The predicted octanol–water partition coefficient (Wildman–Crippen LogP) is 16.9. The Morgan fingerprint density at radius 2 is 0.762 bits per heavy atom. The van der Waals surface area contributed by atoms with Crippen molar-refractivity contribution in [1.82, 2.24) is 0 Å². The molecule has 0 unspecified atom stereocenters. The van der Waals surface area contributed by atoms with Crippen molar-refractivity contribution < 1.29 is 0 Å². The molecule has 2 aliphatic rings. The molecular weight excluding hydrogens is 779 g/mol. The molecule has 0 fully saturated rings. The van der Waals surface area contributed by atoms with Crippen LogP contribution >= 0.6 is 11.3 Å². The van der Waals surface area contributed by atoms with Gasteiger partial charge in [-0.25, -0.2) is 0 Å². The normalized spacial score (nSPS) is 12.9. The first-order valence-electron chi connectivity index (χ1n) is 21.8. The third-order valence-corrected chi connectivity index (χ3v) is 14.7. The molecule has 294 valence electrons. The molecule has 0 saturated heterocycles. The van der Waals surface area contributed by atoms with E-state index >= 15 is 0 Å². The summed E-state index contributed by atoms with van der Waals surface area (Å²) in [5.41, 5.74) is 21.0. The fourth-order valence-electron chi connectivity index (χ4n) is 10.9. The van der Waals surface area contributed by atoms with Crippen LogP contribution < -0.4 is 4.90 Å². The number of hydrogen-bond acceptors (Lipinski definition) is 2. The molecule has 1 nitrogen and oxygen atoms in total. The van der Waals surface area contributed by atoms with E-state index in [-0.39, 0.29) is 5.41 Å². The zero-order valence-electron chi connectivity index (χ0n) is 34.4. The van der Waals surface area contributed by atoms with Crippen molar-refractivity contribution in [3.63, 3.8) is 0 Å². The molecule has 0 saturated carbocycles. The first-order chi connectivity index (χ1) is 31.3. The maximum atomic E-state index is 2.40. The Labute approximate surface area is 371 Å². The van der Waals surface area contributed by atoms with Gasteiger partial charge in [0.05, 0.1) is 5.41 Å². The van der Waals surface area contributed by atoms with Crippen LogP contribution in [0.3, 0.4) is 0 Å². The first kappa shape index (κ1) is 35.9. The van der Waals surface area contributed by atoms with E-state index in [9.17, 15) is 0 Å². The zero-order chi connectivity index (χ0) is 41.5. The summed E-state index contributed by atoms with van der Waals surface area (Å²) in [4.78, 5) is 2.40. The van der Waals surface area contributed by atoms with Crippen molar-refractivity contribution >= 4 is 48.6 Å². The number of nitrogens with zero attached hydrogens (tertiary/aromatic N) is 1. The Balaban J connectivity index is 0.947. The summed E-state index contributed by atoms with van der Waals surface area (Å²) in [6, 6.07) is 87.6. The minimum Gasteiger partial charge on any atom is -0.310 e. The van der Waals surface area contributed by atoms with Gasteiger partial charge in [-0.2, -0.15) is 0 Å². The summed E-state index contributed by atoms with van der Waals surface area (Å²) in [6.07, 6.45) is 0. The Morgan fingerprint density at radius 1 is 0.286 bits per heavy atom. The second-order valence-corrected chi connectivity index (χ2v) is 17.8. The van der Waals surface area contributed by atoms with Crippen LogP contribution in [0.15, 0.2) is 237 Å². The van der Waals surface area contributed by atoms with Gasteiger partial charge in [0.25, 0.3) is 0 Å². The maximum Gasteiger partial charge on any atom is 0.0725 e. The van der Waals surface area contributed by atoms with Crippen molar-refractivity contribution in [1.29, 1.82) is 0 Å². The van der Waals surface area contributed by atoms with Crippen LogP contribution in [0, 0.1) is 0 Å². The van der Waals surface area contributed by atoms with Gasteiger partial charge >= 0.3 is 0 Å². The van der Waals surface area contributed by atoms with Crippen LogP contribution in [0.25, 0.3) is 75.8 Å². The van der Waals surface area contributed by atoms with E-state index in [0.717, 1.165) is 17.1 Å². The molecule has 10 aromatic carbocycles. The largest absolute Gasteiger partial charge is 0.310 e. The number of rotatable bonds is 6. The minimum absolute atomic E-state index is 0.382. The molecule has 1 aromatic heterocycles. The van der Waals surface area contributed by atoms with Crippen LogP contribution in [0.2, 0.25) is 0 Å². The lowest BCUT2D eigenvalue weighted by Gasteiger charge is -2.30. The fraction of sp³-hybridized carbons (Fsp3) is 0.0164. The number of thiophene rings is 1. The molecule has 0 bridgehead atoms. The average Bonchev–Trinajstić information content (AvgIpc) is 3.99. The molecule has 11 aromatic rings. The van der Waals surface area contributed by atoms with Crippen LogP contribution in [-0.2, 0) is 5.41 Å². The Hall–Kier alpha value is -7.78. The van der Waals surface area contributed by atoms with Crippen molar-refractivity contribution in [3.8, 4) is 55.6 Å². The van der Waals surface area contributed by atoms with Crippen LogP contribution in [0.1, 0.15) is 22.3 Å². The molecule has 1 spiro atoms. The van der Waals surface area contributed by atoms with Gasteiger partial charge in [0.1, 0.15) is 0 Å². The van der Waals surface area contributed by atoms with E-state index in [1.54, 1.807) is 0 Å². The van der Waals surface area contributed by atoms with Crippen molar-refractivity contribution in [2.24, 2.45) is 0 Å². The summed E-state index contributed by atoms with van der Waals surface area (Å²) in [6.45, 7) is 0. The van der Waals surface area contributed by atoms with Gasteiger partial charge < -0.3 is 4.90 Å². The van der Waals surface area contributed by atoms with E-state index in [1.807, 2.05) is 11.3 Å². The van der Waals surface area contributed by atoms with Gasteiger partial charge in [0, 0.05) is 37.2 Å². The third-order valence-electron chi connectivity index (χ3n) is 13.5. The number of benzene rings is 10. The molecule has 2 aliphatic carbocycles. The summed E-state index contributed by atoms with van der Waals surface area (Å²) in [7, 11) is 0. The second kappa shape index (κ2) is 14.1. The number of hydrogen-bond donors (Lipinski definition) is 0. The van der Waals surface area contributed by atoms with Gasteiger partial charge in [-0.15, -0.1) is 11.3 Å². The van der Waals surface area contributed by atoms with Crippen LogP contribution in [0.4, 0.5) is 17.1 Å². The standard InChI is InChI=1S/C61H39NS/c1-2-15-40(16-3-1)41-29-33-43(34-30-41)62(45-37-38-59-53(39-45)50-21-9-13-28-58(50)63-59)44-35-31-42(32-36-44)46-17-4-5-18-47(46)51-23-14-27-57-60(51)52-22-8-12-26-56(52)61(57)54-24-10-6-19-48(54)49-20-7-11-25-55(49)61/h1-39H. The topological polar surface area (TPSA) is 3.24 Å². The molecule has 0 atom stereocenters. The minimum atomic E-state index is -0.382. The zero-order valence-corrected chi connectivity index (χ0v) is 35.2. The Kier molecular flexibility index (Phi) is 8.06. The lowest BCUT2D eigenvalue weighted by atomic mass is 9.70. The summed E-state index contributed by atoms with van der Waals surface area (Å²) < 4.78 is 2.61. The molecule has 0 N–H and O–H groups in total. The number of anilines is 3. The summed E-state index contributed by atoms with van der Waals surface area (Å²) in [5.74, 6) is 0. The highest BCUT2D eigenvalue weighted by atomic mass is 32.1. The van der Waals surface area contributed by atoms with E-state index in [1.165, 1.54) is 98.1 Å². The molecule has 0 amide bonds. The SMILES string of the molecule is c1ccc(-c2ccc(N(c3ccc(-c4ccccc4-c4cccc5c4-c4ccccc4C54c5ccccc5-c5ccccc54)cc3)c3ccc4sc5ccccc5c4c3)cc2)cc1. The van der Waals surface area contributed by atoms with E-state index in [4.69, 9.17) is 0 Å². The lowest BCUT2D eigenvalue weighted by molar-refractivity contribution is 0.794. The van der Waals surface area contributed by atoms with Crippen molar-refractivity contribution in [3.05, 3.63) is 259 Å². The molecule has 1 heterocycles. The number of fused-ring (bicyclic) bond motifs is 13. The fourth-order valence-corrected chi connectivity index (χ4v) is 11.9. The van der Waals surface area contributed by atoms with Gasteiger partial charge in [-0.1, -0.05) is 188 Å². The third kappa shape index (κ3) is 5.35. The van der Waals surface area contributed by atoms with Gasteiger partial charge in [0.2, 0.25) is 0 Å². The smallest absolute Gasteiger partial charge is 0.0725 e. The molecule has 0 radical (unpaired) electrons. The molecule has 13 rings (SSSR count). The first-order valence-corrected chi connectivity index (χ1v) is 22.6. The average molecular weight is 818 g/mol. The highest BCUT2D eigenvalue weighted by Gasteiger charge is 2.52. The molecule has 63 heavy (non-hydrogen) atoms. The van der Waals surface area contributed by atoms with Crippen LogP contribution in [0.5, 0.6) is 0 Å². The van der Waals surface area contributed by atoms with Crippen molar-refractivity contribution in [2.75, 3.05) is 4.90 Å². The second-order valence-electron chi connectivity index (χ2n) is 16.7. The lowest BCUT2D eigenvalue weighted by Crippen LogP contribution is -2.25. The van der Waals surface area contributed by atoms with Gasteiger partial charge in [-0.05, 0) is 126 Å². The van der Waals surface area contributed by atoms with E-state index < -0.39 is 0 Å². The van der Waals surface area contributed by atoms with Crippen LogP contribution in [-0.4, -0.2) is 0 Å². The van der Waals surface area contributed by atoms with Gasteiger partial charge in [-0.3, -0.25) is 0 Å². The van der Waals surface area contributed by atoms with E-state index in [2.05, 4.69) is 241 Å². The Morgan fingerprint density at radius 3 is 1.46 bits per heavy atom. The van der Waals surface area contributed by atoms with E-state index in [0.29, 0.717) is 0 Å². The highest BCUT2D eigenvalue weighted by Crippen LogP contribution is 2.64. The quantitative estimate of drug-likeness (QED) is 0.162.